The molecule has 24 heavy (non-hydrogen) atoms. The van der Waals surface area contributed by atoms with Gasteiger partial charge in [0.1, 0.15) is 17.7 Å². The molecule has 3 aromatic rings. The summed E-state index contributed by atoms with van der Waals surface area (Å²) in [4.78, 5) is 4.01. The van der Waals surface area contributed by atoms with E-state index in [1.54, 1.807) is 6.20 Å². The summed E-state index contributed by atoms with van der Waals surface area (Å²) in [5.74, 6) is 0.798. The summed E-state index contributed by atoms with van der Waals surface area (Å²) < 4.78 is 20.1. The molecule has 0 amide bonds. The molecule has 1 unspecified atom stereocenters. The SMILES string of the molecule is Fc1cncc(C(Oc2cccc3ccccc23)[C@H]2CCNC2)c1. The van der Waals surface area contributed by atoms with Crippen LogP contribution >= 0.6 is 0 Å². The third-order valence-corrected chi connectivity index (χ3v) is 4.58. The molecule has 2 atom stereocenters. The molecule has 0 saturated carbocycles. The van der Waals surface area contributed by atoms with Gasteiger partial charge >= 0.3 is 0 Å². The molecule has 0 bridgehead atoms. The molecule has 0 spiro atoms. The molecule has 122 valence electrons. The lowest BCUT2D eigenvalue weighted by molar-refractivity contribution is 0.146. The molecule has 0 aliphatic carbocycles. The van der Waals surface area contributed by atoms with Crippen LogP contribution in [0.15, 0.2) is 60.9 Å². The van der Waals surface area contributed by atoms with Crippen molar-refractivity contribution in [1.82, 2.24) is 10.3 Å². The van der Waals surface area contributed by atoms with Crippen molar-refractivity contribution in [1.29, 1.82) is 0 Å². The smallest absolute Gasteiger partial charge is 0.141 e. The monoisotopic (exact) mass is 322 g/mol. The van der Waals surface area contributed by atoms with Crippen molar-refractivity contribution < 1.29 is 9.13 Å². The van der Waals surface area contributed by atoms with E-state index in [0.29, 0.717) is 5.92 Å². The van der Waals surface area contributed by atoms with E-state index in [9.17, 15) is 4.39 Å². The first-order valence-corrected chi connectivity index (χ1v) is 8.27. The van der Waals surface area contributed by atoms with Crippen LogP contribution in [0.2, 0.25) is 0 Å². The van der Waals surface area contributed by atoms with Gasteiger partial charge in [-0.3, -0.25) is 4.98 Å². The van der Waals surface area contributed by atoms with E-state index >= 15 is 0 Å². The maximum absolute atomic E-state index is 13.7. The maximum atomic E-state index is 13.7. The summed E-state index contributed by atoms with van der Waals surface area (Å²) in [7, 11) is 0. The molecule has 1 aromatic heterocycles. The summed E-state index contributed by atoms with van der Waals surface area (Å²) in [6, 6.07) is 15.7. The standard InChI is InChI=1S/C20H19FN2O/c21-17-10-16(12-23-13-17)20(15-8-9-22-11-15)24-19-7-3-5-14-4-1-2-6-18(14)19/h1-7,10,12-13,15,20,22H,8-9,11H2/t15-,20?/m0/s1. The first-order valence-electron chi connectivity index (χ1n) is 8.27. The van der Waals surface area contributed by atoms with Crippen LogP contribution in [0.1, 0.15) is 18.1 Å². The number of halogens is 1. The largest absolute Gasteiger partial charge is 0.485 e. The Morgan fingerprint density at radius 2 is 2.00 bits per heavy atom. The molecule has 1 aliphatic heterocycles. The van der Waals surface area contributed by atoms with Crippen molar-refractivity contribution in [2.45, 2.75) is 12.5 Å². The number of nitrogens with zero attached hydrogens (tertiary/aromatic N) is 1. The van der Waals surface area contributed by atoms with Gasteiger partial charge in [0.15, 0.2) is 0 Å². The summed E-state index contributed by atoms with van der Waals surface area (Å²) >= 11 is 0. The number of benzene rings is 2. The highest BCUT2D eigenvalue weighted by molar-refractivity contribution is 5.88. The Bertz CT molecular complexity index is 840. The van der Waals surface area contributed by atoms with Crippen LogP contribution in [0.4, 0.5) is 4.39 Å². The molecule has 4 rings (SSSR count). The van der Waals surface area contributed by atoms with Gasteiger partial charge < -0.3 is 10.1 Å². The number of aromatic nitrogens is 1. The fourth-order valence-corrected chi connectivity index (χ4v) is 3.39. The van der Waals surface area contributed by atoms with Crippen molar-refractivity contribution in [2.24, 2.45) is 5.92 Å². The first-order chi connectivity index (χ1) is 11.8. The van der Waals surface area contributed by atoms with Gasteiger partial charge in [-0.1, -0.05) is 36.4 Å². The van der Waals surface area contributed by atoms with Crippen LogP contribution in [0.25, 0.3) is 10.8 Å². The van der Waals surface area contributed by atoms with Crippen LogP contribution in [-0.2, 0) is 0 Å². The van der Waals surface area contributed by atoms with E-state index in [-0.39, 0.29) is 11.9 Å². The highest BCUT2D eigenvalue weighted by Crippen LogP contribution is 2.35. The fraction of sp³-hybridized carbons (Fsp3) is 0.250. The predicted molar refractivity (Wildman–Crippen MR) is 92.5 cm³/mol. The number of nitrogens with one attached hydrogen (secondary N) is 1. The topological polar surface area (TPSA) is 34.1 Å². The van der Waals surface area contributed by atoms with Gasteiger partial charge in [0.25, 0.3) is 0 Å². The highest BCUT2D eigenvalue weighted by atomic mass is 19.1. The van der Waals surface area contributed by atoms with Gasteiger partial charge in [-0.25, -0.2) is 4.39 Å². The predicted octanol–water partition coefficient (Wildman–Crippen LogP) is 4.10. The van der Waals surface area contributed by atoms with Gasteiger partial charge in [-0.15, -0.1) is 0 Å². The van der Waals surface area contributed by atoms with E-state index in [4.69, 9.17) is 4.74 Å². The molecule has 1 aliphatic rings. The Morgan fingerprint density at radius 1 is 1.12 bits per heavy atom. The lowest BCUT2D eigenvalue weighted by atomic mass is 9.95. The third-order valence-electron chi connectivity index (χ3n) is 4.58. The van der Waals surface area contributed by atoms with E-state index in [1.807, 2.05) is 24.3 Å². The average Bonchev–Trinajstić information content (AvgIpc) is 3.14. The number of rotatable bonds is 4. The minimum absolute atomic E-state index is 0.214. The number of hydrogen-bond donors (Lipinski definition) is 1. The van der Waals surface area contributed by atoms with Crippen molar-refractivity contribution in [2.75, 3.05) is 13.1 Å². The molecule has 3 nitrogen and oxygen atoms in total. The second-order valence-corrected chi connectivity index (χ2v) is 6.21. The fourth-order valence-electron chi connectivity index (χ4n) is 3.39. The number of hydrogen-bond acceptors (Lipinski definition) is 3. The Hall–Kier alpha value is -2.46. The van der Waals surface area contributed by atoms with Gasteiger partial charge in [-0.05, 0) is 30.5 Å². The van der Waals surface area contributed by atoms with Gasteiger partial charge in [0, 0.05) is 29.6 Å². The summed E-state index contributed by atoms with van der Waals surface area (Å²) in [6.45, 7) is 1.83. The van der Waals surface area contributed by atoms with Crippen molar-refractivity contribution in [3.63, 3.8) is 0 Å². The van der Waals surface area contributed by atoms with Gasteiger partial charge in [0.05, 0.1) is 6.20 Å². The molecule has 4 heteroatoms. The first kappa shape index (κ1) is 15.1. The summed E-state index contributed by atoms with van der Waals surface area (Å²) in [6.07, 6.45) is 3.73. The number of ether oxygens (including phenoxy) is 1. The van der Waals surface area contributed by atoms with E-state index in [0.717, 1.165) is 41.6 Å². The van der Waals surface area contributed by atoms with Crippen LogP contribution < -0.4 is 10.1 Å². The lowest BCUT2D eigenvalue weighted by Gasteiger charge is -2.25. The highest BCUT2D eigenvalue weighted by Gasteiger charge is 2.29. The Kier molecular flexibility index (Phi) is 4.13. The summed E-state index contributed by atoms with van der Waals surface area (Å²) in [5, 5.41) is 5.57. The maximum Gasteiger partial charge on any atom is 0.141 e. The van der Waals surface area contributed by atoms with E-state index in [2.05, 4.69) is 28.5 Å². The molecule has 0 radical (unpaired) electrons. The lowest BCUT2D eigenvalue weighted by Crippen LogP contribution is -2.21. The second kappa shape index (κ2) is 6.57. The quantitative estimate of drug-likeness (QED) is 0.785. The molecule has 1 N–H and O–H groups in total. The van der Waals surface area contributed by atoms with Gasteiger partial charge in [0.2, 0.25) is 0 Å². The Balaban J connectivity index is 1.73. The Morgan fingerprint density at radius 3 is 2.83 bits per heavy atom. The van der Waals surface area contributed by atoms with E-state index in [1.165, 1.54) is 12.3 Å². The second-order valence-electron chi connectivity index (χ2n) is 6.21. The number of pyridine rings is 1. The molecule has 1 fully saturated rings. The normalized spacial score (nSPS) is 18.6. The zero-order chi connectivity index (χ0) is 16.4. The molecular formula is C20H19FN2O. The minimum atomic E-state index is -0.329. The Labute approximate surface area is 140 Å². The zero-order valence-electron chi connectivity index (χ0n) is 13.3. The van der Waals surface area contributed by atoms with Crippen LogP contribution in [0.3, 0.4) is 0 Å². The van der Waals surface area contributed by atoms with Crippen LogP contribution in [0.5, 0.6) is 5.75 Å². The molecular weight excluding hydrogens is 303 g/mol. The van der Waals surface area contributed by atoms with Crippen molar-refractivity contribution in [3.8, 4) is 5.75 Å². The van der Waals surface area contributed by atoms with Crippen molar-refractivity contribution in [3.05, 3.63) is 72.3 Å². The zero-order valence-corrected chi connectivity index (χ0v) is 13.3. The van der Waals surface area contributed by atoms with Crippen LogP contribution in [-0.4, -0.2) is 18.1 Å². The van der Waals surface area contributed by atoms with E-state index < -0.39 is 0 Å². The molecule has 1 saturated heterocycles. The molecule has 2 aromatic carbocycles. The molecule has 2 heterocycles. The average molecular weight is 322 g/mol. The van der Waals surface area contributed by atoms with Crippen LogP contribution in [0, 0.1) is 11.7 Å². The third kappa shape index (κ3) is 2.97. The van der Waals surface area contributed by atoms with Crippen molar-refractivity contribution >= 4 is 10.8 Å². The minimum Gasteiger partial charge on any atom is -0.485 e. The van der Waals surface area contributed by atoms with Gasteiger partial charge in [-0.2, -0.15) is 0 Å². The number of fused-ring (bicyclic) bond motifs is 1. The summed E-state index contributed by atoms with van der Waals surface area (Å²) in [5.41, 5.74) is 0.789.